The molecule has 1 saturated heterocycles. The lowest BCUT2D eigenvalue weighted by Gasteiger charge is -2.34. The number of hydrogen-bond acceptors (Lipinski definition) is 4. The average molecular weight is 424 g/mol. The topological polar surface area (TPSA) is 53.6 Å². The fourth-order valence-electron chi connectivity index (χ4n) is 5.22. The number of nitrogens with one attached hydrogen (secondary N) is 2. The molecular weight excluding hydrogens is 393 g/mol. The van der Waals surface area contributed by atoms with Gasteiger partial charge in [0.1, 0.15) is 11.6 Å². The third-order valence-electron chi connectivity index (χ3n) is 7.06. The first kappa shape index (κ1) is 20.5. The first-order valence-corrected chi connectivity index (χ1v) is 11.3. The third-order valence-corrected chi connectivity index (χ3v) is 7.06. The number of carbonyl (C=O) groups is 1. The van der Waals surface area contributed by atoms with Crippen molar-refractivity contribution in [3.8, 4) is 5.75 Å². The van der Waals surface area contributed by atoms with E-state index in [1.807, 2.05) is 25.2 Å². The Morgan fingerprint density at radius 2 is 1.97 bits per heavy atom. The van der Waals surface area contributed by atoms with Crippen molar-refractivity contribution in [1.29, 1.82) is 0 Å². The first-order chi connectivity index (χ1) is 15.1. The van der Waals surface area contributed by atoms with Gasteiger partial charge in [-0.3, -0.25) is 4.79 Å². The molecule has 164 valence electrons. The Labute approximate surface area is 183 Å². The summed E-state index contributed by atoms with van der Waals surface area (Å²) >= 11 is 0. The van der Waals surface area contributed by atoms with Gasteiger partial charge in [-0.05, 0) is 67.5 Å². The molecule has 2 N–H and O–H groups in total. The van der Waals surface area contributed by atoms with Crippen LogP contribution in [0.25, 0.3) is 0 Å². The van der Waals surface area contributed by atoms with Crippen LogP contribution >= 0.6 is 0 Å². The Bertz CT molecular complexity index is 973. The van der Waals surface area contributed by atoms with Gasteiger partial charge in [0.15, 0.2) is 0 Å². The third kappa shape index (κ3) is 3.83. The summed E-state index contributed by atoms with van der Waals surface area (Å²) in [6, 6.07) is 11.4. The summed E-state index contributed by atoms with van der Waals surface area (Å²) in [4.78, 5) is 14.6. The van der Waals surface area contributed by atoms with Gasteiger partial charge in [0.25, 0.3) is 0 Å². The SMILES string of the molecule is COc1cc2c(cc1CNC1CCCNC1c1ccc(F)cc1)C(C1CC1)C(=O)N2C. The number of hydrogen-bond donors (Lipinski definition) is 2. The number of benzene rings is 2. The van der Waals surface area contributed by atoms with Crippen molar-refractivity contribution < 1.29 is 13.9 Å². The van der Waals surface area contributed by atoms with Gasteiger partial charge in [-0.15, -0.1) is 0 Å². The molecule has 5 nitrogen and oxygen atoms in total. The van der Waals surface area contributed by atoms with E-state index in [0.29, 0.717) is 12.5 Å². The Balaban J connectivity index is 1.38. The van der Waals surface area contributed by atoms with Crippen molar-refractivity contribution in [2.45, 2.75) is 50.2 Å². The highest BCUT2D eigenvalue weighted by atomic mass is 19.1. The van der Waals surface area contributed by atoms with Gasteiger partial charge in [-0.1, -0.05) is 12.1 Å². The Hall–Kier alpha value is -2.44. The van der Waals surface area contributed by atoms with Gasteiger partial charge >= 0.3 is 0 Å². The van der Waals surface area contributed by atoms with E-state index in [2.05, 4.69) is 16.7 Å². The molecule has 3 aliphatic rings. The van der Waals surface area contributed by atoms with Crippen molar-refractivity contribution in [1.82, 2.24) is 10.6 Å². The van der Waals surface area contributed by atoms with E-state index in [1.165, 1.54) is 12.1 Å². The molecule has 0 aromatic heterocycles. The number of fused-ring (bicyclic) bond motifs is 1. The number of methoxy groups -OCH3 is 1. The highest BCUT2D eigenvalue weighted by Gasteiger charge is 2.45. The van der Waals surface area contributed by atoms with Gasteiger partial charge in [-0.2, -0.15) is 0 Å². The lowest BCUT2D eigenvalue weighted by molar-refractivity contribution is -0.119. The number of nitrogens with zero attached hydrogens (tertiary/aromatic N) is 1. The molecule has 3 unspecified atom stereocenters. The normalized spacial score (nSPS) is 25.6. The highest BCUT2D eigenvalue weighted by molar-refractivity contribution is 6.05. The van der Waals surface area contributed by atoms with Crippen molar-refractivity contribution in [3.05, 3.63) is 58.9 Å². The molecule has 2 aromatic rings. The summed E-state index contributed by atoms with van der Waals surface area (Å²) < 4.78 is 19.1. The number of piperidine rings is 1. The van der Waals surface area contributed by atoms with Crippen LogP contribution in [0.15, 0.2) is 36.4 Å². The van der Waals surface area contributed by atoms with Crippen LogP contribution in [-0.4, -0.2) is 32.7 Å². The maximum atomic E-state index is 13.4. The molecule has 1 saturated carbocycles. The number of anilines is 1. The lowest BCUT2D eigenvalue weighted by Crippen LogP contribution is -2.45. The molecule has 3 atom stereocenters. The zero-order valence-electron chi connectivity index (χ0n) is 18.2. The minimum absolute atomic E-state index is 0.00651. The van der Waals surface area contributed by atoms with E-state index in [0.717, 1.165) is 60.4 Å². The number of amides is 1. The van der Waals surface area contributed by atoms with Crippen LogP contribution in [0.4, 0.5) is 10.1 Å². The fourth-order valence-corrected chi connectivity index (χ4v) is 5.22. The second kappa shape index (κ2) is 8.24. The Morgan fingerprint density at radius 3 is 2.68 bits per heavy atom. The largest absolute Gasteiger partial charge is 0.496 e. The zero-order valence-corrected chi connectivity index (χ0v) is 18.2. The number of ether oxygens (including phenoxy) is 1. The molecule has 2 heterocycles. The summed E-state index contributed by atoms with van der Waals surface area (Å²) in [5.41, 5.74) is 4.30. The van der Waals surface area contributed by atoms with Crippen LogP contribution < -0.4 is 20.3 Å². The molecule has 2 aliphatic heterocycles. The molecule has 0 spiro atoms. The van der Waals surface area contributed by atoms with Gasteiger partial charge in [-0.25, -0.2) is 4.39 Å². The average Bonchev–Trinajstić information content (AvgIpc) is 3.59. The predicted octanol–water partition coefficient (Wildman–Crippen LogP) is 3.89. The summed E-state index contributed by atoms with van der Waals surface area (Å²) in [6.07, 6.45) is 4.42. The Kier molecular flexibility index (Phi) is 5.44. The number of likely N-dealkylation sites (N-methyl/N-ethyl adjacent to an activating group) is 1. The standard InChI is InChI=1S/C25H30FN3O2/c1-29-21-13-22(31-2)17(12-19(21)23(25(29)30)15-5-6-15)14-28-20-4-3-11-27-24(20)16-7-9-18(26)10-8-16/h7-10,12-13,15,20,23-24,27-28H,3-6,11,14H2,1-2H3. The predicted molar refractivity (Wildman–Crippen MR) is 119 cm³/mol. The molecule has 31 heavy (non-hydrogen) atoms. The van der Waals surface area contributed by atoms with E-state index in [-0.39, 0.29) is 29.7 Å². The smallest absolute Gasteiger partial charge is 0.234 e. The van der Waals surface area contributed by atoms with Crippen LogP contribution in [0, 0.1) is 11.7 Å². The molecular formula is C25H30FN3O2. The Morgan fingerprint density at radius 1 is 1.19 bits per heavy atom. The van der Waals surface area contributed by atoms with E-state index in [4.69, 9.17) is 4.74 Å². The van der Waals surface area contributed by atoms with Crippen LogP contribution in [0.1, 0.15) is 54.3 Å². The maximum absolute atomic E-state index is 13.4. The van der Waals surface area contributed by atoms with Crippen molar-refractivity contribution >= 4 is 11.6 Å². The maximum Gasteiger partial charge on any atom is 0.234 e. The monoisotopic (exact) mass is 423 g/mol. The molecule has 6 heteroatoms. The van der Waals surface area contributed by atoms with Gasteiger partial charge < -0.3 is 20.3 Å². The van der Waals surface area contributed by atoms with Crippen molar-refractivity contribution in [2.75, 3.05) is 25.6 Å². The first-order valence-electron chi connectivity index (χ1n) is 11.3. The van der Waals surface area contributed by atoms with Gasteiger partial charge in [0.2, 0.25) is 5.91 Å². The minimum Gasteiger partial charge on any atom is -0.496 e. The van der Waals surface area contributed by atoms with Crippen LogP contribution in [0.3, 0.4) is 0 Å². The number of carbonyl (C=O) groups excluding carboxylic acids is 1. The molecule has 0 radical (unpaired) electrons. The lowest BCUT2D eigenvalue weighted by atomic mass is 9.91. The molecule has 1 amide bonds. The molecule has 5 rings (SSSR count). The number of halogens is 1. The van der Waals surface area contributed by atoms with Crippen molar-refractivity contribution in [2.24, 2.45) is 5.92 Å². The van der Waals surface area contributed by atoms with E-state index in [9.17, 15) is 9.18 Å². The molecule has 0 bridgehead atoms. The second-order valence-electron chi connectivity index (χ2n) is 9.05. The van der Waals surface area contributed by atoms with Crippen LogP contribution in [-0.2, 0) is 11.3 Å². The van der Waals surface area contributed by atoms with E-state index < -0.39 is 0 Å². The summed E-state index contributed by atoms with van der Waals surface area (Å²) in [5.74, 6) is 1.28. The van der Waals surface area contributed by atoms with Crippen molar-refractivity contribution in [3.63, 3.8) is 0 Å². The fraction of sp³-hybridized carbons (Fsp3) is 0.480. The van der Waals surface area contributed by atoms with E-state index in [1.54, 1.807) is 12.0 Å². The van der Waals surface area contributed by atoms with E-state index >= 15 is 0 Å². The van der Waals surface area contributed by atoms with Gasteiger partial charge in [0.05, 0.1) is 18.7 Å². The summed E-state index contributed by atoms with van der Waals surface area (Å²) in [7, 11) is 3.55. The minimum atomic E-state index is -0.211. The second-order valence-corrected chi connectivity index (χ2v) is 9.05. The zero-order chi connectivity index (χ0) is 21.5. The highest BCUT2D eigenvalue weighted by Crippen LogP contribution is 2.51. The number of rotatable bonds is 6. The van der Waals surface area contributed by atoms with Crippen LogP contribution in [0.5, 0.6) is 5.75 Å². The van der Waals surface area contributed by atoms with Crippen LogP contribution in [0.2, 0.25) is 0 Å². The van der Waals surface area contributed by atoms with Gasteiger partial charge in [0, 0.05) is 37.3 Å². The summed E-state index contributed by atoms with van der Waals surface area (Å²) in [5, 5.41) is 7.30. The molecule has 2 fully saturated rings. The summed E-state index contributed by atoms with van der Waals surface area (Å²) in [6.45, 7) is 1.62. The molecule has 2 aromatic carbocycles. The molecule has 1 aliphatic carbocycles. The quantitative estimate of drug-likeness (QED) is 0.740.